The summed E-state index contributed by atoms with van der Waals surface area (Å²) in [4.78, 5) is 4.54. The molecule has 0 unspecified atom stereocenters. The molecule has 18 heavy (non-hydrogen) atoms. The Bertz CT molecular complexity index is 705. The van der Waals surface area contributed by atoms with Gasteiger partial charge in [0, 0.05) is 21.6 Å². The van der Waals surface area contributed by atoms with Crippen molar-refractivity contribution in [2.24, 2.45) is 0 Å². The zero-order valence-electron chi connectivity index (χ0n) is 10.0. The van der Waals surface area contributed by atoms with Crippen molar-refractivity contribution in [1.82, 2.24) is 4.98 Å². The minimum absolute atomic E-state index is 1.06. The lowest BCUT2D eigenvalue weighted by Gasteiger charge is -2.09. The minimum Gasteiger partial charge on any atom is -0.256 e. The van der Waals surface area contributed by atoms with Gasteiger partial charge in [0.2, 0.25) is 0 Å². The highest BCUT2D eigenvalue weighted by molar-refractivity contribution is 9.10. The lowest BCUT2D eigenvalue weighted by Crippen LogP contribution is -1.87. The second kappa shape index (κ2) is 4.54. The standard InChI is InChI=1S/C16H12BrN/c1-11-7-8-18-16-14(11)9-13(17)10-15(16)12-5-3-2-4-6-12/h2-10H,1H3. The van der Waals surface area contributed by atoms with Crippen molar-refractivity contribution < 1.29 is 0 Å². The van der Waals surface area contributed by atoms with Gasteiger partial charge < -0.3 is 0 Å². The molecule has 2 aromatic carbocycles. The summed E-state index contributed by atoms with van der Waals surface area (Å²) in [5, 5.41) is 1.20. The smallest absolute Gasteiger partial charge is 0.0783 e. The van der Waals surface area contributed by atoms with Gasteiger partial charge in [-0.25, -0.2) is 0 Å². The Labute approximate surface area is 115 Å². The van der Waals surface area contributed by atoms with Crippen LogP contribution in [-0.2, 0) is 0 Å². The fraction of sp³-hybridized carbons (Fsp3) is 0.0625. The van der Waals surface area contributed by atoms with Crippen molar-refractivity contribution in [3.8, 4) is 11.1 Å². The summed E-state index contributed by atoms with van der Waals surface area (Å²) in [6.45, 7) is 2.12. The van der Waals surface area contributed by atoms with E-state index in [1.54, 1.807) is 0 Å². The zero-order chi connectivity index (χ0) is 12.5. The Balaban J connectivity index is 2.39. The highest BCUT2D eigenvalue weighted by atomic mass is 79.9. The first-order valence-corrected chi connectivity index (χ1v) is 6.65. The molecule has 0 fully saturated rings. The second-order valence-electron chi connectivity index (χ2n) is 4.34. The molecule has 0 aliphatic carbocycles. The Morgan fingerprint density at radius 3 is 2.56 bits per heavy atom. The number of aryl methyl sites for hydroxylation is 1. The van der Waals surface area contributed by atoms with E-state index in [2.05, 4.69) is 64.2 Å². The van der Waals surface area contributed by atoms with Crippen molar-refractivity contribution in [2.45, 2.75) is 6.92 Å². The van der Waals surface area contributed by atoms with Crippen LogP contribution in [0.15, 0.2) is 59.2 Å². The van der Waals surface area contributed by atoms with Gasteiger partial charge in [-0.3, -0.25) is 4.98 Å². The number of fused-ring (bicyclic) bond motifs is 1. The van der Waals surface area contributed by atoms with Crippen LogP contribution in [0.1, 0.15) is 5.56 Å². The predicted octanol–water partition coefficient (Wildman–Crippen LogP) is 4.97. The van der Waals surface area contributed by atoms with E-state index in [4.69, 9.17) is 0 Å². The molecule has 1 nitrogen and oxygen atoms in total. The molecule has 88 valence electrons. The Hall–Kier alpha value is -1.67. The molecule has 0 atom stereocenters. The third-order valence-electron chi connectivity index (χ3n) is 3.11. The zero-order valence-corrected chi connectivity index (χ0v) is 11.6. The molecule has 0 N–H and O–H groups in total. The molecule has 1 aromatic heterocycles. The maximum atomic E-state index is 4.54. The molecule has 0 amide bonds. The third-order valence-corrected chi connectivity index (χ3v) is 3.57. The van der Waals surface area contributed by atoms with Crippen LogP contribution in [-0.4, -0.2) is 4.98 Å². The van der Waals surface area contributed by atoms with Crippen LogP contribution in [0.3, 0.4) is 0 Å². The van der Waals surface area contributed by atoms with Crippen LogP contribution >= 0.6 is 15.9 Å². The number of pyridine rings is 1. The Kier molecular flexibility index (Phi) is 2.88. The van der Waals surface area contributed by atoms with Gasteiger partial charge in [-0.05, 0) is 36.2 Å². The summed E-state index contributed by atoms with van der Waals surface area (Å²) in [5.74, 6) is 0. The second-order valence-corrected chi connectivity index (χ2v) is 5.26. The van der Waals surface area contributed by atoms with Gasteiger partial charge >= 0.3 is 0 Å². The Morgan fingerprint density at radius 2 is 1.78 bits per heavy atom. The number of nitrogens with zero attached hydrogens (tertiary/aromatic N) is 1. The van der Waals surface area contributed by atoms with Gasteiger partial charge in [0.05, 0.1) is 5.52 Å². The SMILES string of the molecule is Cc1ccnc2c(-c3ccccc3)cc(Br)cc12. The van der Waals surface area contributed by atoms with Crippen LogP contribution < -0.4 is 0 Å². The average molecular weight is 298 g/mol. The molecule has 0 bridgehead atoms. The first kappa shape index (κ1) is 11.4. The number of rotatable bonds is 1. The summed E-state index contributed by atoms with van der Waals surface area (Å²) < 4.78 is 1.09. The van der Waals surface area contributed by atoms with Crippen molar-refractivity contribution in [3.63, 3.8) is 0 Å². The van der Waals surface area contributed by atoms with Gasteiger partial charge in [0.1, 0.15) is 0 Å². The monoisotopic (exact) mass is 297 g/mol. The molecule has 0 saturated heterocycles. The summed E-state index contributed by atoms with van der Waals surface area (Å²) in [6, 6.07) is 16.7. The van der Waals surface area contributed by atoms with E-state index in [1.807, 2.05) is 18.3 Å². The average Bonchev–Trinajstić information content (AvgIpc) is 2.40. The van der Waals surface area contributed by atoms with E-state index in [-0.39, 0.29) is 0 Å². The predicted molar refractivity (Wildman–Crippen MR) is 79.6 cm³/mol. The molecular formula is C16H12BrN. The largest absolute Gasteiger partial charge is 0.256 e. The fourth-order valence-electron chi connectivity index (χ4n) is 2.19. The van der Waals surface area contributed by atoms with Crippen LogP contribution in [0.5, 0.6) is 0 Å². The number of hydrogen-bond acceptors (Lipinski definition) is 1. The maximum Gasteiger partial charge on any atom is 0.0783 e. The summed E-state index contributed by atoms with van der Waals surface area (Å²) in [7, 11) is 0. The lowest BCUT2D eigenvalue weighted by molar-refractivity contribution is 1.36. The van der Waals surface area contributed by atoms with E-state index in [9.17, 15) is 0 Å². The fourth-order valence-corrected chi connectivity index (χ4v) is 2.65. The molecular weight excluding hydrogens is 286 g/mol. The summed E-state index contributed by atoms with van der Waals surface area (Å²) in [6.07, 6.45) is 1.87. The van der Waals surface area contributed by atoms with Crippen LogP contribution in [0.4, 0.5) is 0 Å². The van der Waals surface area contributed by atoms with Gasteiger partial charge in [0.25, 0.3) is 0 Å². The molecule has 0 saturated carbocycles. The van der Waals surface area contributed by atoms with Gasteiger partial charge in [-0.15, -0.1) is 0 Å². The molecule has 2 heteroatoms. The Morgan fingerprint density at radius 1 is 1.00 bits per heavy atom. The van der Waals surface area contributed by atoms with Crippen LogP contribution in [0.25, 0.3) is 22.0 Å². The quantitative estimate of drug-likeness (QED) is 0.618. The first-order chi connectivity index (χ1) is 8.75. The summed E-state index contributed by atoms with van der Waals surface area (Å²) in [5.41, 5.74) is 4.67. The molecule has 0 aliphatic heterocycles. The van der Waals surface area contributed by atoms with E-state index in [0.717, 1.165) is 9.99 Å². The van der Waals surface area contributed by atoms with Crippen molar-refractivity contribution in [3.05, 3.63) is 64.8 Å². The number of benzene rings is 2. The van der Waals surface area contributed by atoms with Gasteiger partial charge in [-0.2, -0.15) is 0 Å². The first-order valence-electron chi connectivity index (χ1n) is 5.86. The number of aromatic nitrogens is 1. The topological polar surface area (TPSA) is 12.9 Å². The van der Waals surface area contributed by atoms with Crippen molar-refractivity contribution in [1.29, 1.82) is 0 Å². The van der Waals surface area contributed by atoms with Gasteiger partial charge in [0.15, 0.2) is 0 Å². The molecule has 0 spiro atoms. The normalized spacial score (nSPS) is 10.8. The van der Waals surface area contributed by atoms with Crippen molar-refractivity contribution >= 4 is 26.8 Å². The summed E-state index contributed by atoms with van der Waals surface area (Å²) >= 11 is 3.59. The lowest BCUT2D eigenvalue weighted by atomic mass is 10.0. The number of halogens is 1. The van der Waals surface area contributed by atoms with E-state index in [1.165, 1.54) is 22.1 Å². The molecule has 3 aromatic rings. The van der Waals surface area contributed by atoms with Crippen molar-refractivity contribution in [2.75, 3.05) is 0 Å². The van der Waals surface area contributed by atoms with Crippen LogP contribution in [0, 0.1) is 6.92 Å². The highest BCUT2D eigenvalue weighted by Crippen LogP contribution is 2.32. The minimum atomic E-state index is 1.06. The number of hydrogen-bond donors (Lipinski definition) is 0. The molecule has 1 heterocycles. The molecule has 0 aliphatic rings. The maximum absolute atomic E-state index is 4.54. The molecule has 0 radical (unpaired) electrons. The highest BCUT2D eigenvalue weighted by Gasteiger charge is 2.07. The van der Waals surface area contributed by atoms with Gasteiger partial charge in [-0.1, -0.05) is 46.3 Å². The molecule has 3 rings (SSSR count). The van der Waals surface area contributed by atoms with E-state index >= 15 is 0 Å². The third kappa shape index (κ3) is 1.93. The van der Waals surface area contributed by atoms with E-state index in [0.29, 0.717) is 0 Å². The van der Waals surface area contributed by atoms with Crippen LogP contribution in [0.2, 0.25) is 0 Å². The van der Waals surface area contributed by atoms with E-state index < -0.39 is 0 Å².